The molecule has 1 amide bonds. The molecule has 0 radical (unpaired) electrons. The summed E-state index contributed by atoms with van der Waals surface area (Å²) in [5, 5.41) is 0.920. The zero-order valence-corrected chi connectivity index (χ0v) is 31.2. The van der Waals surface area contributed by atoms with Crippen LogP contribution in [0.5, 0.6) is 0 Å². The first-order chi connectivity index (χ1) is 24.5. The molecule has 4 aromatic rings. The number of furan rings is 1. The molecule has 0 bridgehead atoms. The number of carbonyl (C=O) groups excluding carboxylic acids is 2. The van der Waals surface area contributed by atoms with Crippen LogP contribution in [0.4, 0.5) is 4.79 Å². The first-order valence-corrected chi connectivity index (χ1v) is 17.9. The number of hydrogen-bond acceptors (Lipinski definition) is 6. The Labute approximate surface area is 304 Å². The standard InChI is InChI=1S/C36H43NO5.C8H10O/c1-24(2)17-29(18-25(3)4)13-15-30-20-33(42-35(30)38)23-40-36(39)37(6)22-32-21-31-19-28(14-16-34(31)41-32)12-11-27-9-7-26(5)8-10-27;1-9-7-8-5-3-2-4-6-8/h7-10,14-16,19,21,24-25,29,33H,13,17-18,20,22-23H2,1-6H3;2-6H,7H2,1H3/b30-15+;. The second-order valence-corrected chi connectivity index (χ2v) is 14.3. The second-order valence-electron chi connectivity index (χ2n) is 14.3. The Balaban J connectivity index is 0.000000563. The van der Waals surface area contributed by atoms with Crippen LogP contribution < -0.4 is 0 Å². The van der Waals surface area contributed by atoms with Gasteiger partial charge in [-0.05, 0) is 85.9 Å². The summed E-state index contributed by atoms with van der Waals surface area (Å²) >= 11 is 0. The lowest BCUT2D eigenvalue weighted by molar-refractivity contribution is -0.140. The Morgan fingerprint density at radius 2 is 1.61 bits per heavy atom. The third-order valence-electron chi connectivity index (χ3n) is 8.51. The van der Waals surface area contributed by atoms with Gasteiger partial charge in [0.25, 0.3) is 0 Å². The first-order valence-electron chi connectivity index (χ1n) is 17.9. The maximum atomic E-state index is 12.7. The van der Waals surface area contributed by atoms with Crippen molar-refractivity contribution in [2.75, 3.05) is 20.8 Å². The summed E-state index contributed by atoms with van der Waals surface area (Å²) in [6, 6.07) is 25.9. The molecule has 0 saturated carbocycles. The van der Waals surface area contributed by atoms with Gasteiger partial charge in [-0.15, -0.1) is 0 Å². The zero-order chi connectivity index (χ0) is 36.8. The van der Waals surface area contributed by atoms with Crippen molar-refractivity contribution in [3.05, 3.63) is 119 Å². The number of rotatable bonds is 12. The molecule has 1 saturated heterocycles. The molecule has 0 aliphatic carbocycles. The smallest absolute Gasteiger partial charge is 0.410 e. The van der Waals surface area contributed by atoms with Crippen molar-refractivity contribution in [2.45, 2.75) is 79.6 Å². The molecule has 7 heteroatoms. The molecule has 1 atom stereocenters. The fraction of sp³-hybridized carbons (Fsp3) is 0.409. The zero-order valence-electron chi connectivity index (χ0n) is 31.2. The SMILES string of the molecule is COCc1ccccc1.Cc1ccc(C#Cc2ccc3oc(CN(C)C(=O)OCC4C/C(=C\CC(CC(C)C)CC(C)C)C(=O)O4)cc3c2)cc1. The molecule has 51 heavy (non-hydrogen) atoms. The summed E-state index contributed by atoms with van der Waals surface area (Å²) in [4.78, 5) is 26.6. The fourth-order valence-corrected chi connectivity index (χ4v) is 6.14. The van der Waals surface area contributed by atoms with Crippen molar-refractivity contribution in [2.24, 2.45) is 17.8 Å². The van der Waals surface area contributed by atoms with Gasteiger partial charge in [0.05, 0.1) is 13.2 Å². The quantitative estimate of drug-likeness (QED) is 0.0836. The van der Waals surface area contributed by atoms with Crippen molar-refractivity contribution < 1.29 is 28.2 Å². The second kappa shape index (κ2) is 19.6. The van der Waals surface area contributed by atoms with E-state index in [0.717, 1.165) is 41.4 Å². The minimum absolute atomic E-state index is 0.0246. The van der Waals surface area contributed by atoms with Crippen LogP contribution in [-0.4, -0.2) is 43.8 Å². The summed E-state index contributed by atoms with van der Waals surface area (Å²) < 4.78 is 21.8. The highest BCUT2D eigenvalue weighted by molar-refractivity contribution is 5.90. The summed E-state index contributed by atoms with van der Waals surface area (Å²) in [5.41, 5.74) is 5.69. The van der Waals surface area contributed by atoms with Crippen molar-refractivity contribution >= 4 is 23.0 Å². The molecule has 2 heterocycles. The lowest BCUT2D eigenvalue weighted by Gasteiger charge is -2.19. The maximum absolute atomic E-state index is 12.7. The van der Waals surface area contributed by atoms with Crippen LogP contribution in [0.25, 0.3) is 11.0 Å². The minimum atomic E-state index is -0.498. The summed E-state index contributed by atoms with van der Waals surface area (Å²) in [7, 11) is 3.36. The van der Waals surface area contributed by atoms with E-state index in [4.69, 9.17) is 18.6 Å². The van der Waals surface area contributed by atoms with Crippen LogP contribution in [0.3, 0.4) is 0 Å². The van der Waals surface area contributed by atoms with Crippen LogP contribution in [0.1, 0.15) is 81.4 Å². The number of ether oxygens (including phenoxy) is 3. The molecule has 1 aliphatic rings. The lowest BCUT2D eigenvalue weighted by atomic mass is 9.86. The highest BCUT2D eigenvalue weighted by Gasteiger charge is 2.30. The highest BCUT2D eigenvalue weighted by atomic mass is 16.6. The number of aryl methyl sites for hydroxylation is 1. The molecule has 0 N–H and O–H groups in total. The number of amides is 1. The van der Waals surface area contributed by atoms with Crippen molar-refractivity contribution in [1.29, 1.82) is 0 Å². The molecule has 270 valence electrons. The van der Waals surface area contributed by atoms with Crippen LogP contribution in [0.2, 0.25) is 0 Å². The Morgan fingerprint density at radius 3 is 2.27 bits per heavy atom. The van der Waals surface area contributed by atoms with Crippen LogP contribution >= 0.6 is 0 Å². The van der Waals surface area contributed by atoms with Crippen molar-refractivity contribution in [1.82, 2.24) is 4.90 Å². The van der Waals surface area contributed by atoms with E-state index in [0.29, 0.717) is 42.1 Å². The van der Waals surface area contributed by atoms with Gasteiger partial charge in [-0.3, -0.25) is 0 Å². The number of hydrogen-bond donors (Lipinski definition) is 0. The molecule has 7 nitrogen and oxygen atoms in total. The van der Waals surface area contributed by atoms with Crippen molar-refractivity contribution in [3.63, 3.8) is 0 Å². The molecule has 5 rings (SSSR count). The number of cyclic esters (lactones) is 1. The Bertz CT molecular complexity index is 1780. The van der Waals surface area contributed by atoms with Crippen LogP contribution in [0.15, 0.2) is 94.9 Å². The summed E-state index contributed by atoms with van der Waals surface area (Å²) in [5.74, 6) is 8.51. The maximum Gasteiger partial charge on any atom is 0.410 e. The Kier molecular flexibility index (Phi) is 15.0. The molecule has 3 aromatic carbocycles. The van der Waals surface area contributed by atoms with Crippen LogP contribution in [-0.2, 0) is 32.2 Å². The topological polar surface area (TPSA) is 78.2 Å². The van der Waals surface area contributed by atoms with Gasteiger partial charge in [0, 0.05) is 42.7 Å². The Morgan fingerprint density at radius 1 is 0.941 bits per heavy atom. The number of allylic oxidation sites excluding steroid dienone is 1. The van der Waals surface area contributed by atoms with Gasteiger partial charge in [0.15, 0.2) is 0 Å². The molecule has 1 unspecified atom stereocenters. The number of methoxy groups -OCH3 is 1. The Hall–Kier alpha value is -4.80. The fourth-order valence-electron chi connectivity index (χ4n) is 6.14. The normalized spacial score (nSPS) is 14.7. The lowest BCUT2D eigenvalue weighted by Crippen LogP contribution is -2.29. The average molecular weight is 692 g/mol. The van der Waals surface area contributed by atoms with E-state index in [2.05, 4.69) is 46.5 Å². The van der Waals surface area contributed by atoms with Gasteiger partial charge < -0.3 is 23.5 Å². The first kappa shape index (κ1) is 39.0. The molecule has 0 spiro atoms. The summed E-state index contributed by atoms with van der Waals surface area (Å²) in [6.07, 6.45) is 4.69. The number of fused-ring (bicyclic) bond motifs is 1. The van der Waals surface area contributed by atoms with E-state index in [1.54, 1.807) is 14.2 Å². The molecule has 1 aromatic heterocycles. The number of esters is 1. The van der Waals surface area contributed by atoms with Crippen LogP contribution in [0, 0.1) is 36.5 Å². The van der Waals surface area contributed by atoms with E-state index in [-0.39, 0.29) is 19.1 Å². The van der Waals surface area contributed by atoms with Gasteiger partial charge in [0.2, 0.25) is 0 Å². The molecule has 1 fully saturated rings. The largest absolute Gasteiger partial charge is 0.459 e. The minimum Gasteiger partial charge on any atom is -0.459 e. The van der Waals surface area contributed by atoms with Gasteiger partial charge >= 0.3 is 12.1 Å². The van der Waals surface area contributed by atoms with E-state index in [1.807, 2.05) is 84.9 Å². The van der Waals surface area contributed by atoms with E-state index < -0.39 is 12.2 Å². The highest BCUT2D eigenvalue weighted by Crippen LogP contribution is 2.28. The third-order valence-corrected chi connectivity index (χ3v) is 8.51. The third kappa shape index (κ3) is 13.1. The van der Waals surface area contributed by atoms with E-state index in [9.17, 15) is 9.59 Å². The van der Waals surface area contributed by atoms with E-state index in [1.165, 1.54) is 16.0 Å². The monoisotopic (exact) mass is 691 g/mol. The molecular formula is C44H53NO6. The number of nitrogens with zero attached hydrogens (tertiary/aromatic N) is 1. The van der Waals surface area contributed by atoms with Crippen molar-refractivity contribution in [3.8, 4) is 11.8 Å². The van der Waals surface area contributed by atoms with Gasteiger partial charge in [-0.1, -0.05) is 93.6 Å². The molecular weight excluding hydrogens is 638 g/mol. The number of benzene rings is 3. The summed E-state index contributed by atoms with van der Waals surface area (Å²) in [6.45, 7) is 12.0. The number of carbonyl (C=O) groups is 2. The van der Waals surface area contributed by atoms with E-state index >= 15 is 0 Å². The predicted octanol–water partition coefficient (Wildman–Crippen LogP) is 9.88. The molecule has 1 aliphatic heterocycles. The van der Waals surface area contributed by atoms with Gasteiger partial charge in [-0.2, -0.15) is 0 Å². The van der Waals surface area contributed by atoms with Gasteiger partial charge in [0.1, 0.15) is 24.1 Å². The average Bonchev–Trinajstić information content (AvgIpc) is 3.67. The predicted molar refractivity (Wildman–Crippen MR) is 203 cm³/mol. The van der Waals surface area contributed by atoms with Gasteiger partial charge in [-0.25, -0.2) is 9.59 Å².